The van der Waals surface area contributed by atoms with E-state index in [0.29, 0.717) is 10.7 Å². The monoisotopic (exact) mass is 317 g/mol. The molecule has 1 aromatic heterocycles. The van der Waals surface area contributed by atoms with Gasteiger partial charge in [-0.15, -0.1) is 0 Å². The van der Waals surface area contributed by atoms with Crippen LogP contribution in [0.25, 0.3) is 6.08 Å². The molecule has 8 heteroatoms. The lowest BCUT2D eigenvalue weighted by Crippen LogP contribution is -2.13. The fraction of sp³-hybridized carbons (Fsp3) is 0. The van der Waals surface area contributed by atoms with Crippen molar-refractivity contribution in [3.63, 3.8) is 0 Å². The number of anilines is 1. The number of carbonyl (C=O) groups excluding carboxylic acids is 1. The number of nitro groups is 1. The Kier molecular flexibility index (Phi) is 4.56. The highest BCUT2D eigenvalue weighted by Gasteiger charge is 2.14. The van der Waals surface area contributed by atoms with Crippen molar-refractivity contribution < 1.29 is 14.1 Å². The van der Waals surface area contributed by atoms with E-state index >= 15 is 0 Å². The summed E-state index contributed by atoms with van der Waals surface area (Å²) in [6, 6.07) is 10.5. The van der Waals surface area contributed by atoms with Gasteiger partial charge in [0.2, 0.25) is 0 Å². The van der Waals surface area contributed by atoms with Gasteiger partial charge in [-0.05, 0) is 24.3 Å². The molecule has 0 saturated heterocycles. The smallest absolute Gasteiger partial charge is 0.401 e. The van der Waals surface area contributed by atoms with E-state index in [1.807, 2.05) is 0 Å². The van der Waals surface area contributed by atoms with Crippen LogP contribution in [-0.4, -0.2) is 10.8 Å². The van der Waals surface area contributed by atoms with Crippen LogP contribution in [0.4, 0.5) is 11.6 Å². The predicted molar refractivity (Wildman–Crippen MR) is 79.0 cm³/mol. The van der Waals surface area contributed by atoms with Gasteiger partial charge in [-0.2, -0.15) is 5.26 Å². The van der Waals surface area contributed by atoms with Crippen LogP contribution in [0.3, 0.4) is 0 Å². The van der Waals surface area contributed by atoms with E-state index in [1.165, 1.54) is 12.1 Å². The molecule has 2 rings (SSSR count). The number of hydrogen-bond donors (Lipinski definition) is 1. The van der Waals surface area contributed by atoms with Crippen LogP contribution >= 0.6 is 11.6 Å². The number of halogens is 1. The maximum absolute atomic E-state index is 12.0. The molecule has 0 spiro atoms. The highest BCUT2D eigenvalue weighted by Crippen LogP contribution is 2.19. The Balaban J connectivity index is 2.19. The molecule has 1 heterocycles. The topological polar surface area (TPSA) is 109 Å². The van der Waals surface area contributed by atoms with Crippen molar-refractivity contribution >= 4 is 35.2 Å². The lowest BCUT2D eigenvalue weighted by Gasteiger charge is -2.03. The van der Waals surface area contributed by atoms with E-state index in [9.17, 15) is 14.9 Å². The highest BCUT2D eigenvalue weighted by molar-refractivity contribution is 6.31. The van der Waals surface area contributed by atoms with Crippen molar-refractivity contribution in [1.82, 2.24) is 0 Å². The molecular weight excluding hydrogens is 310 g/mol. The molecule has 0 unspecified atom stereocenters. The predicted octanol–water partition coefficient (Wildman–Crippen LogP) is 3.39. The molecular formula is C14H8ClN3O4. The van der Waals surface area contributed by atoms with Gasteiger partial charge in [-0.25, -0.2) is 0 Å². The molecule has 22 heavy (non-hydrogen) atoms. The molecule has 0 aliphatic rings. The van der Waals surface area contributed by atoms with Gasteiger partial charge in [-0.3, -0.25) is 14.9 Å². The first kappa shape index (κ1) is 15.3. The summed E-state index contributed by atoms with van der Waals surface area (Å²) in [5.74, 6) is -1.12. The van der Waals surface area contributed by atoms with Crippen LogP contribution in [0, 0.1) is 21.4 Å². The zero-order valence-corrected chi connectivity index (χ0v) is 11.7. The van der Waals surface area contributed by atoms with Crippen LogP contribution in [0.1, 0.15) is 5.76 Å². The van der Waals surface area contributed by atoms with Crippen LogP contribution in [0.5, 0.6) is 0 Å². The molecule has 0 fully saturated rings. The van der Waals surface area contributed by atoms with Crippen LogP contribution in [-0.2, 0) is 4.79 Å². The van der Waals surface area contributed by atoms with Crippen LogP contribution in [0.2, 0.25) is 5.02 Å². The van der Waals surface area contributed by atoms with Crippen molar-refractivity contribution in [2.24, 2.45) is 0 Å². The molecule has 110 valence electrons. The minimum Gasteiger partial charge on any atom is -0.401 e. The van der Waals surface area contributed by atoms with E-state index in [2.05, 4.69) is 5.32 Å². The van der Waals surface area contributed by atoms with Gasteiger partial charge in [0.1, 0.15) is 22.3 Å². The van der Waals surface area contributed by atoms with E-state index < -0.39 is 16.7 Å². The molecule has 7 nitrogen and oxygen atoms in total. The van der Waals surface area contributed by atoms with E-state index in [-0.39, 0.29) is 11.3 Å². The Bertz CT molecular complexity index is 804. The van der Waals surface area contributed by atoms with Crippen molar-refractivity contribution in [3.8, 4) is 6.07 Å². The first-order valence-corrected chi connectivity index (χ1v) is 6.30. The Morgan fingerprint density at radius 1 is 1.41 bits per heavy atom. The van der Waals surface area contributed by atoms with E-state index in [0.717, 1.165) is 12.1 Å². The van der Waals surface area contributed by atoms with Gasteiger partial charge in [-0.1, -0.05) is 17.7 Å². The number of amides is 1. The van der Waals surface area contributed by atoms with Crippen molar-refractivity contribution in [2.45, 2.75) is 0 Å². The second kappa shape index (κ2) is 6.56. The quantitative estimate of drug-likeness (QED) is 0.402. The minimum absolute atomic E-state index is 0.0319. The molecule has 0 bridgehead atoms. The van der Waals surface area contributed by atoms with Gasteiger partial charge in [0, 0.05) is 16.8 Å². The number of hydrogen-bond acceptors (Lipinski definition) is 5. The molecule has 1 amide bonds. The Morgan fingerprint density at radius 3 is 2.77 bits per heavy atom. The van der Waals surface area contributed by atoms with E-state index in [4.69, 9.17) is 21.3 Å². The number of rotatable bonds is 4. The number of furan rings is 1. The average Bonchev–Trinajstić information content (AvgIpc) is 2.93. The third kappa shape index (κ3) is 3.71. The lowest BCUT2D eigenvalue weighted by molar-refractivity contribution is -0.402. The summed E-state index contributed by atoms with van der Waals surface area (Å²) in [7, 11) is 0. The summed E-state index contributed by atoms with van der Waals surface area (Å²) < 4.78 is 4.87. The molecule has 1 aromatic carbocycles. The first-order chi connectivity index (χ1) is 10.5. The second-order valence-electron chi connectivity index (χ2n) is 4.07. The van der Waals surface area contributed by atoms with Gasteiger partial charge < -0.3 is 9.73 Å². The maximum atomic E-state index is 12.0. The zero-order valence-electron chi connectivity index (χ0n) is 10.9. The summed E-state index contributed by atoms with van der Waals surface area (Å²) in [5, 5.41) is 22.5. The van der Waals surface area contributed by atoms with Crippen molar-refractivity contribution in [1.29, 1.82) is 5.26 Å². The Morgan fingerprint density at radius 2 is 2.18 bits per heavy atom. The first-order valence-electron chi connectivity index (χ1n) is 5.92. The third-order valence-corrected chi connectivity index (χ3v) is 2.76. The van der Waals surface area contributed by atoms with Crippen LogP contribution < -0.4 is 5.32 Å². The fourth-order valence-corrected chi connectivity index (χ4v) is 1.76. The summed E-state index contributed by atoms with van der Waals surface area (Å²) in [6.07, 6.45) is 1.12. The molecule has 0 aliphatic heterocycles. The Labute approximate surface area is 129 Å². The number of nitrogens with one attached hydrogen (secondary N) is 1. The SMILES string of the molecule is N#CC(=Cc1ccc([N+](=O)[O-])o1)C(=O)Nc1cccc(Cl)c1. The largest absolute Gasteiger partial charge is 0.433 e. The third-order valence-electron chi connectivity index (χ3n) is 2.53. The summed E-state index contributed by atoms with van der Waals surface area (Å²) in [6.45, 7) is 0. The summed E-state index contributed by atoms with van der Waals surface area (Å²) in [5.41, 5.74) is 0.160. The molecule has 0 aliphatic carbocycles. The molecule has 0 atom stereocenters. The number of nitriles is 1. The summed E-state index contributed by atoms with van der Waals surface area (Å²) >= 11 is 5.79. The van der Waals surface area contributed by atoms with Crippen molar-refractivity contribution in [3.05, 3.63) is 62.9 Å². The molecule has 0 radical (unpaired) electrons. The number of benzene rings is 1. The van der Waals surface area contributed by atoms with E-state index in [1.54, 1.807) is 24.3 Å². The van der Waals surface area contributed by atoms with Gasteiger partial charge in [0.25, 0.3) is 5.91 Å². The standard InChI is InChI=1S/C14H8ClN3O4/c15-10-2-1-3-11(7-10)17-14(19)9(8-16)6-12-4-5-13(22-12)18(20)21/h1-7H,(H,17,19). The lowest BCUT2D eigenvalue weighted by atomic mass is 10.2. The normalized spacial score (nSPS) is 10.8. The zero-order chi connectivity index (χ0) is 16.1. The molecule has 2 aromatic rings. The minimum atomic E-state index is -0.713. The molecule has 0 saturated carbocycles. The fourth-order valence-electron chi connectivity index (χ4n) is 1.57. The summed E-state index contributed by atoms with van der Waals surface area (Å²) in [4.78, 5) is 21.8. The maximum Gasteiger partial charge on any atom is 0.433 e. The Hall–Kier alpha value is -3.11. The second-order valence-corrected chi connectivity index (χ2v) is 4.50. The van der Waals surface area contributed by atoms with Gasteiger partial charge in [0.15, 0.2) is 0 Å². The number of nitrogens with zero attached hydrogens (tertiary/aromatic N) is 2. The molecule has 1 N–H and O–H groups in total. The van der Waals surface area contributed by atoms with Crippen LogP contribution in [0.15, 0.2) is 46.4 Å². The van der Waals surface area contributed by atoms with Gasteiger partial charge in [0.05, 0.1) is 6.07 Å². The number of carbonyl (C=O) groups is 1. The highest BCUT2D eigenvalue weighted by atomic mass is 35.5. The van der Waals surface area contributed by atoms with Crippen molar-refractivity contribution in [2.75, 3.05) is 5.32 Å². The van der Waals surface area contributed by atoms with Gasteiger partial charge >= 0.3 is 5.88 Å². The average molecular weight is 318 g/mol.